The Morgan fingerprint density at radius 1 is 0.590 bits per heavy atom. The van der Waals surface area contributed by atoms with Crippen molar-refractivity contribution in [2.75, 3.05) is 0 Å². The number of carbonyl (C=O) groups is 1. The minimum atomic E-state index is -2.58. The molecule has 0 atom stereocenters. The first-order valence-corrected chi connectivity index (χ1v) is 11.2. The molecule has 0 aliphatic rings. The maximum Gasteiger partial charge on any atom is 0.344 e. The van der Waals surface area contributed by atoms with E-state index >= 15 is 0 Å². The van der Waals surface area contributed by atoms with Crippen LogP contribution in [-0.2, 0) is 24.4 Å². The van der Waals surface area contributed by atoms with Crippen LogP contribution in [-0.4, -0.2) is 11.1 Å². The van der Waals surface area contributed by atoms with E-state index in [0.29, 0.717) is 28.2 Å². The summed E-state index contributed by atoms with van der Waals surface area (Å²) in [5.41, 5.74) is 1.82. The fourth-order valence-corrected chi connectivity index (χ4v) is 3.12. The lowest BCUT2D eigenvalue weighted by atomic mass is 10.1. The number of aryl methyl sites for hydroxylation is 1. The molecule has 39 heavy (non-hydrogen) atoms. The van der Waals surface area contributed by atoms with Crippen LogP contribution in [0.4, 0.5) is 26.3 Å². The molecule has 0 aliphatic heterocycles. The van der Waals surface area contributed by atoms with Gasteiger partial charge in [0.15, 0.2) is 0 Å². The number of hydrogen-bond acceptors (Lipinski definition) is 5. The van der Waals surface area contributed by atoms with Gasteiger partial charge in [-0.05, 0) is 59.5 Å². The standard InChI is InChI=1S/C27H20F6O6/c28-24(29)26(32)38-19-6-1-16(2-7-19)14-36-21-11-18(5-10-23(34)35)12-22(13-21)37-15-17-3-8-20(9-4-17)39-27(33)25(30)31/h1-4,6-9,11-13H,5,10,14-15H2,(H,34,35). The fourth-order valence-electron chi connectivity index (χ4n) is 3.12. The minimum absolute atomic E-state index is 0.0316. The Morgan fingerprint density at radius 3 is 1.36 bits per heavy atom. The van der Waals surface area contributed by atoms with Gasteiger partial charge >= 0.3 is 30.2 Å². The maximum atomic E-state index is 12.9. The number of benzene rings is 3. The van der Waals surface area contributed by atoms with E-state index in [2.05, 4.69) is 9.47 Å². The molecule has 0 aliphatic carbocycles. The molecule has 0 saturated carbocycles. The van der Waals surface area contributed by atoms with Crippen molar-refractivity contribution in [2.45, 2.75) is 26.1 Å². The van der Waals surface area contributed by atoms with Gasteiger partial charge in [-0.1, -0.05) is 24.3 Å². The average Bonchev–Trinajstić information content (AvgIpc) is 2.91. The van der Waals surface area contributed by atoms with Crippen molar-refractivity contribution >= 4 is 5.97 Å². The Balaban J connectivity index is 1.67. The summed E-state index contributed by atoms with van der Waals surface area (Å²) in [5, 5.41) is 9.01. The zero-order valence-electron chi connectivity index (χ0n) is 19.9. The first-order chi connectivity index (χ1) is 18.6. The molecular weight excluding hydrogens is 534 g/mol. The zero-order chi connectivity index (χ0) is 28.4. The van der Waals surface area contributed by atoms with Crippen molar-refractivity contribution < 1.29 is 55.2 Å². The molecule has 3 aromatic carbocycles. The molecule has 3 rings (SSSR count). The third-order valence-corrected chi connectivity index (χ3v) is 4.94. The van der Waals surface area contributed by atoms with Crippen LogP contribution in [0.15, 0.2) is 90.9 Å². The van der Waals surface area contributed by atoms with Gasteiger partial charge in [-0.15, -0.1) is 0 Å². The number of carboxylic acids is 1. The smallest absolute Gasteiger partial charge is 0.344 e. The summed E-state index contributed by atoms with van der Waals surface area (Å²) in [7, 11) is 0. The quantitative estimate of drug-likeness (QED) is 0.173. The molecule has 1 N–H and O–H groups in total. The van der Waals surface area contributed by atoms with Crippen molar-refractivity contribution in [2.24, 2.45) is 0 Å². The Labute approximate surface area is 218 Å². The normalized spacial score (nSPS) is 10.4. The monoisotopic (exact) mass is 554 g/mol. The highest BCUT2D eigenvalue weighted by atomic mass is 19.3. The summed E-state index contributed by atoms with van der Waals surface area (Å²) in [6, 6.07) is 11.9. The van der Waals surface area contributed by atoms with E-state index in [1.54, 1.807) is 18.2 Å². The molecule has 0 radical (unpaired) electrons. The summed E-state index contributed by atoms with van der Waals surface area (Å²) in [6.45, 7) is 0.0632. The van der Waals surface area contributed by atoms with Crippen molar-refractivity contribution in [3.8, 4) is 23.0 Å². The predicted molar refractivity (Wildman–Crippen MR) is 126 cm³/mol. The van der Waals surface area contributed by atoms with Gasteiger partial charge in [-0.25, -0.2) is 0 Å². The molecule has 206 valence electrons. The highest BCUT2D eigenvalue weighted by Gasteiger charge is 2.10. The number of carboxylic acid groups (broad SMARTS) is 1. The van der Waals surface area contributed by atoms with E-state index in [1.807, 2.05) is 0 Å². The summed E-state index contributed by atoms with van der Waals surface area (Å²) in [6.07, 6.45) is -5.10. The molecule has 3 aromatic rings. The zero-order valence-corrected chi connectivity index (χ0v) is 19.9. The third kappa shape index (κ3) is 9.65. The van der Waals surface area contributed by atoms with Crippen molar-refractivity contribution in [1.29, 1.82) is 0 Å². The highest BCUT2D eigenvalue weighted by Crippen LogP contribution is 2.27. The van der Waals surface area contributed by atoms with Gasteiger partial charge in [0.25, 0.3) is 0 Å². The first-order valence-electron chi connectivity index (χ1n) is 11.2. The van der Waals surface area contributed by atoms with Gasteiger partial charge in [0.05, 0.1) is 0 Å². The van der Waals surface area contributed by atoms with E-state index in [-0.39, 0.29) is 37.6 Å². The molecule has 0 spiro atoms. The number of halogens is 6. The summed E-state index contributed by atoms with van der Waals surface area (Å²) in [5.74, 6) is -0.564. The fraction of sp³-hybridized carbons (Fsp3) is 0.148. The lowest BCUT2D eigenvalue weighted by Gasteiger charge is -2.13. The molecule has 0 saturated heterocycles. The van der Waals surface area contributed by atoms with Gasteiger partial charge < -0.3 is 24.1 Å². The molecule has 12 heteroatoms. The van der Waals surface area contributed by atoms with E-state index in [4.69, 9.17) is 14.6 Å². The van der Waals surface area contributed by atoms with E-state index in [1.165, 1.54) is 48.5 Å². The lowest BCUT2D eigenvalue weighted by Crippen LogP contribution is -2.01. The van der Waals surface area contributed by atoms with Gasteiger partial charge in [-0.2, -0.15) is 26.3 Å². The van der Waals surface area contributed by atoms with E-state index in [9.17, 15) is 31.1 Å². The molecule has 0 bridgehead atoms. The number of rotatable bonds is 13. The highest BCUT2D eigenvalue weighted by molar-refractivity contribution is 5.67. The topological polar surface area (TPSA) is 74.2 Å². The van der Waals surface area contributed by atoms with Crippen molar-refractivity contribution in [1.82, 2.24) is 0 Å². The van der Waals surface area contributed by atoms with Crippen LogP contribution < -0.4 is 18.9 Å². The summed E-state index contributed by atoms with van der Waals surface area (Å²) in [4.78, 5) is 11.0. The molecule has 0 fully saturated rings. The average molecular weight is 554 g/mol. The van der Waals surface area contributed by atoms with E-state index < -0.39 is 30.2 Å². The third-order valence-electron chi connectivity index (χ3n) is 4.94. The van der Waals surface area contributed by atoms with E-state index in [0.717, 1.165) is 0 Å². The Kier molecular flexibility index (Phi) is 10.2. The molecule has 0 aromatic heterocycles. The molecule has 0 heterocycles. The molecule has 0 amide bonds. The SMILES string of the molecule is O=C(O)CCc1cc(OCc2ccc(OC(F)=C(F)F)cc2)cc(OCc2ccc(OC(F)=C(F)F)cc2)c1. The molecule has 0 unspecified atom stereocenters. The summed E-state index contributed by atoms with van der Waals surface area (Å²) < 4.78 is 94.8. The first kappa shape index (κ1) is 29.0. The summed E-state index contributed by atoms with van der Waals surface area (Å²) >= 11 is 0. The Hall–Kier alpha value is -4.61. The van der Waals surface area contributed by atoms with Crippen LogP contribution in [0.1, 0.15) is 23.1 Å². The van der Waals surface area contributed by atoms with Crippen LogP contribution in [0.5, 0.6) is 23.0 Å². The minimum Gasteiger partial charge on any atom is -0.489 e. The van der Waals surface area contributed by atoms with Crippen LogP contribution in [0.25, 0.3) is 0 Å². The Morgan fingerprint density at radius 2 is 1.00 bits per heavy atom. The van der Waals surface area contributed by atoms with Crippen LogP contribution in [0.2, 0.25) is 0 Å². The number of aliphatic carboxylic acids is 1. The molecule has 6 nitrogen and oxygen atoms in total. The van der Waals surface area contributed by atoms with Crippen LogP contribution in [0, 0.1) is 0 Å². The second-order valence-electron chi connectivity index (χ2n) is 7.84. The van der Waals surface area contributed by atoms with Crippen LogP contribution >= 0.6 is 0 Å². The van der Waals surface area contributed by atoms with Gasteiger partial charge in [0.1, 0.15) is 36.2 Å². The van der Waals surface area contributed by atoms with Crippen molar-refractivity contribution in [3.63, 3.8) is 0 Å². The lowest BCUT2D eigenvalue weighted by molar-refractivity contribution is -0.136. The van der Waals surface area contributed by atoms with Crippen molar-refractivity contribution in [3.05, 3.63) is 108 Å². The Bertz CT molecular complexity index is 1240. The van der Waals surface area contributed by atoms with Gasteiger partial charge in [-0.3, -0.25) is 4.79 Å². The number of ether oxygens (including phenoxy) is 4. The van der Waals surface area contributed by atoms with Crippen LogP contribution in [0.3, 0.4) is 0 Å². The second kappa shape index (κ2) is 13.8. The molecular formula is C27H20F6O6. The number of hydrogen-bond donors (Lipinski definition) is 1. The van der Waals surface area contributed by atoms with Gasteiger partial charge in [0, 0.05) is 12.5 Å². The second-order valence-corrected chi connectivity index (χ2v) is 7.84. The predicted octanol–water partition coefficient (Wildman–Crippen LogP) is 7.69. The van der Waals surface area contributed by atoms with Gasteiger partial charge in [0.2, 0.25) is 0 Å². The largest absolute Gasteiger partial charge is 0.489 e. The maximum absolute atomic E-state index is 12.9.